The van der Waals surface area contributed by atoms with Crippen LogP contribution in [0.2, 0.25) is 5.04 Å². The first-order chi connectivity index (χ1) is 30.7. The van der Waals surface area contributed by atoms with Crippen molar-refractivity contribution >= 4 is 91.9 Å². The molecule has 3 aromatic rings. The zero-order valence-corrected chi connectivity index (χ0v) is 54.8. The third-order valence-electron chi connectivity index (χ3n) is 14.5. The minimum absolute atomic E-state index is 0. The van der Waals surface area contributed by atoms with Crippen molar-refractivity contribution in [1.29, 1.82) is 0 Å². The van der Waals surface area contributed by atoms with Gasteiger partial charge in [0.15, 0.2) is 8.07 Å². The fourth-order valence-electron chi connectivity index (χ4n) is 12.0. The van der Waals surface area contributed by atoms with Crippen molar-refractivity contribution in [2.75, 3.05) is 228 Å². The molecule has 12 nitrogen and oxygen atoms in total. The van der Waals surface area contributed by atoms with Gasteiger partial charge in [-0.3, -0.25) is 6.08 Å². The number of benzene rings is 3. The number of anilines is 12. The van der Waals surface area contributed by atoms with Crippen LogP contribution in [0, 0.1) is 26.8 Å². The number of allylic oxidation sites excluding steroid dienone is 4. The molecule has 0 heterocycles. The molecule has 398 valence electrons. The molecule has 0 aromatic heterocycles. The van der Waals surface area contributed by atoms with E-state index < -0.39 is 13.1 Å². The second kappa shape index (κ2) is 24.3. The topological polar surface area (TPSA) is 38.9 Å². The maximum atomic E-state index is 4.49. The summed E-state index contributed by atoms with van der Waals surface area (Å²) >= 11 is 0. The van der Waals surface area contributed by atoms with Gasteiger partial charge in [0, 0.05) is 169 Å². The molecule has 3 aromatic carbocycles. The predicted octanol–water partition coefficient (Wildman–Crippen LogP) is -2.26. The van der Waals surface area contributed by atoms with Crippen molar-refractivity contribution < 1.29 is 58.9 Å². The maximum absolute atomic E-state index is 4.49. The van der Waals surface area contributed by atoms with Crippen LogP contribution in [0.1, 0.15) is 44.4 Å². The molecule has 4 rings (SSSR count). The van der Waals surface area contributed by atoms with E-state index in [1.165, 1.54) is 117 Å². The predicted molar refractivity (Wildman–Crippen MR) is 309 cm³/mol. The van der Waals surface area contributed by atoms with E-state index in [0.717, 1.165) is 0 Å². The molecular weight excluding hydrogens is 999 g/mol. The van der Waals surface area contributed by atoms with Gasteiger partial charge in [-0.25, -0.2) is 5.57 Å². The molecule has 1 unspecified atom stereocenters. The van der Waals surface area contributed by atoms with Crippen molar-refractivity contribution in [3.05, 3.63) is 39.5 Å². The number of hydrogen-bond acceptors (Lipinski definition) is 12. The molecule has 0 bridgehead atoms. The fraction of sp³-hybridized carbons (Fsp3) is 0.593. The molecule has 1 atom stereocenters. The second-order valence-electron chi connectivity index (χ2n) is 21.8. The number of halogens is 3. The molecule has 0 aliphatic heterocycles. The maximum Gasteiger partial charge on any atom is 4.00 e. The van der Waals surface area contributed by atoms with Crippen LogP contribution in [-0.4, -0.2) is 177 Å². The molecule has 1 aliphatic rings. The monoisotopic (exact) mass is 1090 g/mol. The molecule has 1 aliphatic carbocycles. The van der Waals surface area contributed by atoms with Crippen LogP contribution < -0.4 is 112 Å². The Morgan fingerprint density at radius 3 is 0.606 bits per heavy atom. The van der Waals surface area contributed by atoms with Crippen LogP contribution >= 0.6 is 0 Å². The Morgan fingerprint density at radius 1 is 0.296 bits per heavy atom. The summed E-state index contributed by atoms with van der Waals surface area (Å²) < 4.78 is 0. The Balaban J connectivity index is 0.0000122. The third kappa shape index (κ3) is 10.5. The van der Waals surface area contributed by atoms with Crippen molar-refractivity contribution in [3.8, 4) is 0 Å². The number of rotatable bonds is 16. The zero-order valence-electron chi connectivity index (χ0n) is 50.0. The van der Waals surface area contributed by atoms with E-state index in [1.807, 2.05) is 0 Å². The van der Waals surface area contributed by atoms with E-state index in [9.17, 15) is 0 Å². The smallest absolute Gasteiger partial charge is 1.00 e. The van der Waals surface area contributed by atoms with Crippen LogP contribution in [0.3, 0.4) is 0 Å². The van der Waals surface area contributed by atoms with Gasteiger partial charge in [-0.05, 0) is 53.0 Å². The van der Waals surface area contributed by atoms with E-state index in [-0.39, 0.29) is 58.9 Å². The van der Waals surface area contributed by atoms with E-state index in [4.69, 9.17) is 0 Å². The summed E-state index contributed by atoms with van der Waals surface area (Å²) in [5.74, 6) is 0. The molecule has 0 N–H and O–H groups in total. The molecular formula is C54H93Cl3N12SiTi. The van der Waals surface area contributed by atoms with E-state index in [2.05, 4.69) is 282 Å². The Hall–Kier alpha value is -3.46. The van der Waals surface area contributed by atoms with Gasteiger partial charge in [0.25, 0.3) is 0 Å². The largest absolute Gasteiger partial charge is 4.00 e. The minimum atomic E-state index is -3.88. The van der Waals surface area contributed by atoms with Crippen LogP contribution in [-0.2, 0) is 21.7 Å². The quantitative estimate of drug-likeness (QED) is 0.0886. The summed E-state index contributed by atoms with van der Waals surface area (Å²) in [6, 6.07) is 0. The van der Waals surface area contributed by atoms with E-state index in [1.54, 1.807) is 0 Å². The van der Waals surface area contributed by atoms with Gasteiger partial charge < -0.3 is 96.0 Å². The van der Waals surface area contributed by atoms with Crippen LogP contribution in [0.4, 0.5) is 68.2 Å². The normalized spacial score (nSPS) is 14.0. The van der Waals surface area contributed by atoms with Crippen molar-refractivity contribution in [3.63, 3.8) is 0 Å². The van der Waals surface area contributed by atoms with Crippen molar-refractivity contribution in [2.24, 2.45) is 0 Å². The molecule has 0 amide bonds. The number of nitrogens with zero attached hydrogens (tertiary/aromatic N) is 12. The summed E-state index contributed by atoms with van der Waals surface area (Å²) in [7, 11) is 49.7. The Kier molecular flexibility index (Phi) is 23.1. The van der Waals surface area contributed by atoms with Gasteiger partial charge in [0.2, 0.25) is 0 Å². The third-order valence-corrected chi connectivity index (χ3v) is 20.6. The van der Waals surface area contributed by atoms with Crippen LogP contribution in [0.15, 0.2) is 16.7 Å². The standard InChI is InChI=1S/C54H93N12Si.3ClH.Ti/c1-33-32-54(7,38(6)34(33)2)67(51-35(3)39(55(8)9)42(58(14)15)45(61(20)21)48(51)64(26)27,52-36(4)40(56(10)11)43(59(16)17)46(62(22)23)49(52)65(28)29)53-37(5)41(57(12)13)44(60(18)19)47(63(24)25)50(53)66(30)31;;;;/h1-31H3;3*1H;/q-1;;;;+4/p-3. The average molecular weight is 1090 g/mol. The summed E-state index contributed by atoms with van der Waals surface area (Å²) in [6.07, 6.45) is 4.49. The zero-order chi connectivity index (χ0) is 51.8. The molecule has 0 radical (unpaired) electrons. The van der Waals surface area contributed by atoms with E-state index >= 15 is 0 Å². The summed E-state index contributed by atoms with van der Waals surface area (Å²) in [6.45, 7) is 16.9. The molecule has 0 saturated heterocycles. The van der Waals surface area contributed by atoms with Gasteiger partial charge in [0.1, 0.15) is 0 Å². The van der Waals surface area contributed by atoms with Gasteiger partial charge in [-0.2, -0.15) is 11.1 Å². The molecule has 0 spiro atoms. The molecule has 71 heavy (non-hydrogen) atoms. The van der Waals surface area contributed by atoms with Gasteiger partial charge in [-0.15, -0.1) is 6.92 Å². The summed E-state index contributed by atoms with van der Waals surface area (Å²) in [5, 5.41) is 3.53. The van der Waals surface area contributed by atoms with Gasteiger partial charge in [-0.1, -0.05) is 25.8 Å². The Bertz CT molecular complexity index is 2230. The van der Waals surface area contributed by atoms with Crippen LogP contribution in [0.25, 0.3) is 0 Å². The first-order valence-corrected chi connectivity index (χ1v) is 25.7. The Morgan fingerprint density at radius 2 is 0.465 bits per heavy atom. The average Bonchev–Trinajstić information content (AvgIpc) is 3.38. The SMILES string of the molecule is CC1=[C-]C(C)([Si](c2c(C)c(N(C)C)c(N(C)C)c(N(C)C)c2N(C)C)(c2c(C)c(N(C)C)c(N(C)C)c(N(C)C)c2N(C)C)c2c(C)c(N(C)C)c(N(C)C)c(N(C)C)c2N(C)C)C(C)=C1C.[Cl-].[Cl-].[Cl-].[Ti+4]. The van der Waals surface area contributed by atoms with E-state index in [0.29, 0.717) is 0 Å². The first-order valence-electron chi connectivity index (χ1n) is 23.7. The second-order valence-corrected chi connectivity index (χ2v) is 25.8. The summed E-state index contributed by atoms with van der Waals surface area (Å²) in [4.78, 5) is 28.5. The van der Waals surface area contributed by atoms with Crippen molar-refractivity contribution in [1.82, 2.24) is 0 Å². The summed E-state index contributed by atoms with van der Waals surface area (Å²) in [5.41, 5.74) is 22.3. The molecule has 17 heteroatoms. The fourth-order valence-corrected chi connectivity index (χ4v) is 19.5. The Labute approximate surface area is 468 Å². The molecule has 0 saturated carbocycles. The minimum Gasteiger partial charge on any atom is -1.00 e. The van der Waals surface area contributed by atoms with Gasteiger partial charge in [0.05, 0.1) is 68.2 Å². The van der Waals surface area contributed by atoms with Crippen LogP contribution in [0.5, 0.6) is 0 Å². The number of hydrogen-bond donors (Lipinski definition) is 0. The van der Waals surface area contributed by atoms with Crippen molar-refractivity contribution in [2.45, 2.75) is 53.5 Å². The molecule has 0 fully saturated rings. The van der Waals surface area contributed by atoms with Gasteiger partial charge >= 0.3 is 21.7 Å². The first kappa shape index (κ1) is 67.5.